The Morgan fingerprint density at radius 1 is 1.30 bits per heavy atom. The van der Waals surface area contributed by atoms with Crippen molar-refractivity contribution in [1.82, 2.24) is 30.9 Å². The predicted octanol–water partition coefficient (Wildman–Crippen LogP) is 3.65. The molecule has 0 amide bonds. The lowest BCUT2D eigenvalue weighted by Crippen LogP contribution is -2.26. The summed E-state index contributed by atoms with van der Waals surface area (Å²) < 4.78 is 6.11. The van der Waals surface area contributed by atoms with Gasteiger partial charge in [0.15, 0.2) is 5.82 Å². The zero-order chi connectivity index (χ0) is 23.8. The molecule has 9 heteroatoms. The molecule has 1 aliphatic heterocycles. The van der Waals surface area contributed by atoms with Gasteiger partial charge in [0.2, 0.25) is 5.88 Å². The number of aromatic amines is 1. The summed E-state index contributed by atoms with van der Waals surface area (Å²) in [6, 6.07) is 4.03. The molecular formula is C24H34N6O3. The van der Waals surface area contributed by atoms with E-state index >= 15 is 0 Å². The van der Waals surface area contributed by atoms with Crippen LogP contribution in [-0.2, 0) is 11.2 Å². The minimum absolute atomic E-state index is 0.226. The number of H-pyrrole nitrogens is 1. The molecule has 1 saturated heterocycles. The largest absolute Gasteiger partial charge is 0.481 e. The number of carbonyl (C=O) groups is 1. The number of carboxylic acid groups (broad SMARTS) is 1. The van der Waals surface area contributed by atoms with Crippen LogP contribution in [0.2, 0.25) is 0 Å². The number of nitrogens with zero attached hydrogens (tertiary/aromatic N) is 4. The molecule has 0 spiro atoms. The first-order valence-corrected chi connectivity index (χ1v) is 11.6. The van der Waals surface area contributed by atoms with Gasteiger partial charge >= 0.3 is 5.97 Å². The first kappa shape index (κ1) is 24.6. The topological polar surface area (TPSA) is 126 Å². The minimum atomic E-state index is -0.858. The zero-order valence-electron chi connectivity index (χ0n) is 19.8. The number of carboxylic acids is 1. The summed E-state index contributed by atoms with van der Waals surface area (Å²) in [5, 5.41) is 27.6. The van der Waals surface area contributed by atoms with Crippen molar-refractivity contribution in [3.05, 3.63) is 53.2 Å². The average molecular weight is 455 g/mol. The van der Waals surface area contributed by atoms with E-state index in [0.717, 1.165) is 36.3 Å². The predicted molar refractivity (Wildman–Crippen MR) is 125 cm³/mol. The maximum absolute atomic E-state index is 12.0. The lowest BCUT2D eigenvalue weighted by molar-refractivity contribution is -0.143. The van der Waals surface area contributed by atoms with Crippen LogP contribution in [0.5, 0.6) is 5.88 Å². The van der Waals surface area contributed by atoms with Crippen LogP contribution in [0.15, 0.2) is 41.8 Å². The monoisotopic (exact) mass is 454 g/mol. The quantitative estimate of drug-likeness (QED) is 0.347. The van der Waals surface area contributed by atoms with Gasteiger partial charge in [0.25, 0.3) is 0 Å². The van der Waals surface area contributed by atoms with Crippen molar-refractivity contribution in [2.24, 2.45) is 11.8 Å². The number of rotatable bonds is 11. The Kier molecular flexibility index (Phi) is 8.71. The van der Waals surface area contributed by atoms with E-state index in [1.165, 1.54) is 0 Å². The maximum Gasteiger partial charge on any atom is 0.307 e. The molecule has 9 nitrogen and oxygen atoms in total. The minimum Gasteiger partial charge on any atom is -0.481 e. The van der Waals surface area contributed by atoms with E-state index in [1.54, 1.807) is 6.20 Å². The molecule has 3 rings (SSSR count). The molecule has 0 aliphatic carbocycles. The van der Waals surface area contributed by atoms with E-state index in [1.807, 2.05) is 45.9 Å². The highest BCUT2D eigenvalue weighted by atomic mass is 16.5. The fraction of sp³-hybridized carbons (Fsp3) is 0.542. The van der Waals surface area contributed by atoms with Crippen molar-refractivity contribution in [1.29, 1.82) is 0 Å². The van der Waals surface area contributed by atoms with E-state index < -0.39 is 17.8 Å². The van der Waals surface area contributed by atoms with E-state index in [0.29, 0.717) is 30.6 Å². The van der Waals surface area contributed by atoms with Crippen LogP contribution in [0.1, 0.15) is 64.3 Å². The summed E-state index contributed by atoms with van der Waals surface area (Å²) in [4.78, 5) is 16.5. The molecule has 0 radical (unpaired) electrons. The first-order chi connectivity index (χ1) is 15.9. The molecule has 2 aromatic heterocycles. The van der Waals surface area contributed by atoms with E-state index in [9.17, 15) is 9.90 Å². The van der Waals surface area contributed by atoms with Crippen LogP contribution in [0.25, 0.3) is 0 Å². The Labute approximate surface area is 194 Å². The van der Waals surface area contributed by atoms with Crippen LogP contribution in [0.4, 0.5) is 0 Å². The summed E-state index contributed by atoms with van der Waals surface area (Å²) in [5.41, 5.74) is 2.02. The highest BCUT2D eigenvalue weighted by Gasteiger charge is 2.33. The lowest BCUT2D eigenvalue weighted by Gasteiger charge is -2.23. The lowest BCUT2D eigenvalue weighted by atomic mass is 9.81. The first-order valence-electron chi connectivity index (χ1n) is 11.6. The number of aliphatic carboxylic acids is 1. The third kappa shape index (κ3) is 6.47. The standard InChI is InChI=1S/C24H34N6O3/c1-5-17(20-8-7-11-25-20)21(6-2)33-22-10-9-16(14-26-22)13-18(23-27-29-30-28-23)19(24(31)32)12-15(3)4/h5-6,9-10,14-15,18-20,25H,7-8,11-13H2,1-4H3,(H,31,32)(H,27,28,29,30)/b17-5-,21-6+/t18-,19-,20?/m0/s1. The van der Waals surface area contributed by atoms with Gasteiger partial charge in [0, 0.05) is 29.8 Å². The number of nitrogens with one attached hydrogen (secondary N) is 2. The Balaban J connectivity index is 1.75. The molecule has 33 heavy (non-hydrogen) atoms. The van der Waals surface area contributed by atoms with Crippen LogP contribution in [-0.4, -0.2) is 49.3 Å². The van der Waals surface area contributed by atoms with E-state index in [2.05, 4.69) is 37.0 Å². The summed E-state index contributed by atoms with van der Waals surface area (Å²) >= 11 is 0. The normalized spacial score (nSPS) is 19.0. The SMILES string of the molecule is C/C=C(\C(=C/C)Oc1ccc(C[C@H](c2nn[nH]n2)[C@H](CC(C)C)C(=O)O)cn1)C1CCCN1. The molecule has 3 N–H and O–H groups in total. The smallest absolute Gasteiger partial charge is 0.307 e. The Hall–Kier alpha value is -3.07. The molecule has 0 saturated carbocycles. The molecule has 1 aliphatic rings. The van der Waals surface area contributed by atoms with Gasteiger partial charge in [-0.1, -0.05) is 31.2 Å². The molecule has 0 aromatic carbocycles. The maximum atomic E-state index is 12.0. The van der Waals surface area contributed by atoms with Crippen LogP contribution < -0.4 is 10.1 Å². The summed E-state index contributed by atoms with van der Waals surface area (Å²) in [5.74, 6) is 0.0337. The van der Waals surface area contributed by atoms with Gasteiger partial charge in [-0.2, -0.15) is 5.21 Å². The number of pyridine rings is 1. The van der Waals surface area contributed by atoms with Gasteiger partial charge in [-0.3, -0.25) is 4.79 Å². The second-order valence-corrected chi connectivity index (χ2v) is 8.81. The molecular weight excluding hydrogens is 420 g/mol. The van der Waals surface area contributed by atoms with Crippen molar-refractivity contribution in [2.75, 3.05) is 6.54 Å². The fourth-order valence-corrected chi connectivity index (χ4v) is 4.39. The molecule has 3 atom stereocenters. The van der Waals surface area contributed by atoms with Gasteiger partial charge in [-0.05, 0) is 63.6 Å². The molecule has 2 aromatic rings. The zero-order valence-corrected chi connectivity index (χ0v) is 19.8. The number of ether oxygens (including phenoxy) is 1. The van der Waals surface area contributed by atoms with Crippen LogP contribution in [0.3, 0.4) is 0 Å². The molecule has 178 valence electrons. The van der Waals surface area contributed by atoms with Crippen molar-refractivity contribution < 1.29 is 14.6 Å². The van der Waals surface area contributed by atoms with Gasteiger partial charge in [0.1, 0.15) is 5.76 Å². The number of aromatic nitrogens is 5. The third-order valence-electron chi connectivity index (χ3n) is 5.98. The number of hydrogen-bond acceptors (Lipinski definition) is 7. The summed E-state index contributed by atoms with van der Waals surface area (Å²) in [6.07, 6.45) is 8.98. The van der Waals surface area contributed by atoms with Gasteiger partial charge < -0.3 is 15.2 Å². The summed E-state index contributed by atoms with van der Waals surface area (Å²) in [7, 11) is 0. The molecule has 3 heterocycles. The van der Waals surface area contributed by atoms with Gasteiger partial charge in [0.05, 0.1) is 5.92 Å². The second kappa shape index (κ2) is 11.7. The number of allylic oxidation sites excluding steroid dienone is 2. The van der Waals surface area contributed by atoms with Crippen molar-refractivity contribution in [2.45, 2.75) is 65.3 Å². The highest BCUT2D eigenvalue weighted by Crippen LogP contribution is 2.31. The third-order valence-corrected chi connectivity index (χ3v) is 5.98. The highest BCUT2D eigenvalue weighted by molar-refractivity contribution is 5.71. The van der Waals surface area contributed by atoms with Crippen molar-refractivity contribution >= 4 is 5.97 Å². The number of hydrogen-bond donors (Lipinski definition) is 3. The Morgan fingerprint density at radius 3 is 2.64 bits per heavy atom. The second-order valence-electron chi connectivity index (χ2n) is 8.81. The van der Waals surface area contributed by atoms with Gasteiger partial charge in [-0.15, -0.1) is 10.2 Å². The van der Waals surface area contributed by atoms with Crippen molar-refractivity contribution in [3.63, 3.8) is 0 Å². The fourth-order valence-electron chi connectivity index (χ4n) is 4.39. The van der Waals surface area contributed by atoms with Crippen molar-refractivity contribution in [3.8, 4) is 5.88 Å². The van der Waals surface area contributed by atoms with E-state index in [4.69, 9.17) is 4.74 Å². The molecule has 0 bridgehead atoms. The molecule has 1 unspecified atom stereocenters. The van der Waals surface area contributed by atoms with Crippen LogP contribution >= 0.6 is 0 Å². The van der Waals surface area contributed by atoms with E-state index in [-0.39, 0.29) is 5.92 Å². The Morgan fingerprint density at radius 2 is 2.12 bits per heavy atom. The summed E-state index contributed by atoms with van der Waals surface area (Å²) in [6.45, 7) is 9.01. The molecule has 1 fully saturated rings. The average Bonchev–Trinajstić information content (AvgIpc) is 3.51. The number of tetrazole rings is 1. The van der Waals surface area contributed by atoms with Gasteiger partial charge in [-0.25, -0.2) is 4.98 Å². The Bertz CT molecular complexity index is 947. The van der Waals surface area contributed by atoms with Crippen LogP contribution in [0, 0.1) is 11.8 Å².